The monoisotopic (exact) mass is 305 g/mol. The number of anilines is 1. The van der Waals surface area contributed by atoms with Crippen LogP contribution in [0, 0.1) is 0 Å². The average Bonchev–Trinajstić information content (AvgIpc) is 3.02. The first kappa shape index (κ1) is 15.9. The average molecular weight is 305 g/mol. The molecule has 2 rings (SSSR count). The van der Waals surface area contributed by atoms with Crippen molar-refractivity contribution in [2.24, 2.45) is 0 Å². The molecule has 0 spiro atoms. The first-order valence-electron chi connectivity index (χ1n) is 7.27. The van der Waals surface area contributed by atoms with Gasteiger partial charge in [0.05, 0.1) is 6.61 Å². The van der Waals surface area contributed by atoms with Crippen LogP contribution in [-0.4, -0.2) is 34.7 Å². The first-order chi connectivity index (χ1) is 10.3. The molecular formula is C16H23N3OS. The van der Waals surface area contributed by atoms with Crippen molar-refractivity contribution in [1.29, 1.82) is 0 Å². The molecule has 1 atom stereocenters. The minimum absolute atomic E-state index is 0.164. The van der Waals surface area contributed by atoms with Crippen LogP contribution in [0.5, 0.6) is 0 Å². The van der Waals surface area contributed by atoms with Gasteiger partial charge in [-0.15, -0.1) is 11.3 Å². The van der Waals surface area contributed by atoms with Crippen LogP contribution in [0.15, 0.2) is 35.8 Å². The van der Waals surface area contributed by atoms with E-state index in [1.165, 1.54) is 4.88 Å². The van der Waals surface area contributed by atoms with Crippen LogP contribution in [0.4, 0.5) is 5.82 Å². The zero-order valence-corrected chi connectivity index (χ0v) is 13.4. The Bertz CT molecular complexity index is 526. The molecule has 0 amide bonds. The van der Waals surface area contributed by atoms with Crippen LogP contribution >= 0.6 is 11.3 Å². The van der Waals surface area contributed by atoms with E-state index in [1.54, 1.807) is 17.5 Å². The minimum atomic E-state index is 0.164. The highest BCUT2D eigenvalue weighted by Crippen LogP contribution is 2.20. The highest BCUT2D eigenvalue weighted by Gasteiger charge is 2.18. The summed E-state index contributed by atoms with van der Waals surface area (Å²) in [4.78, 5) is 8.00. The molecule has 0 aliphatic heterocycles. The number of nitrogens with zero attached hydrogens (tertiary/aromatic N) is 2. The zero-order valence-electron chi connectivity index (χ0n) is 12.6. The van der Waals surface area contributed by atoms with Gasteiger partial charge in [-0.25, -0.2) is 4.98 Å². The molecule has 0 saturated carbocycles. The van der Waals surface area contributed by atoms with E-state index in [0.717, 1.165) is 30.9 Å². The van der Waals surface area contributed by atoms with E-state index in [4.69, 9.17) is 0 Å². The van der Waals surface area contributed by atoms with Crippen LogP contribution in [0.25, 0.3) is 0 Å². The molecule has 5 heteroatoms. The molecule has 2 aromatic heterocycles. The normalized spacial score (nSPS) is 12.6. The van der Waals surface area contributed by atoms with Gasteiger partial charge in [-0.1, -0.05) is 19.1 Å². The Morgan fingerprint density at radius 1 is 1.33 bits per heavy atom. The number of aliphatic hydroxyl groups is 1. The van der Waals surface area contributed by atoms with E-state index in [2.05, 4.69) is 45.7 Å². The summed E-state index contributed by atoms with van der Waals surface area (Å²) < 4.78 is 0. The summed E-state index contributed by atoms with van der Waals surface area (Å²) in [6.07, 6.45) is 2.72. The molecule has 0 aliphatic rings. The highest BCUT2D eigenvalue weighted by molar-refractivity contribution is 7.09. The van der Waals surface area contributed by atoms with Crippen molar-refractivity contribution in [3.63, 3.8) is 0 Å². The lowest BCUT2D eigenvalue weighted by Gasteiger charge is -2.30. The number of nitrogens with one attached hydrogen (secondary N) is 1. The molecule has 0 saturated heterocycles. The summed E-state index contributed by atoms with van der Waals surface area (Å²) in [7, 11) is 1.89. The Kier molecular flexibility index (Phi) is 6.17. The highest BCUT2D eigenvalue weighted by atomic mass is 32.1. The molecule has 0 aliphatic carbocycles. The fourth-order valence-electron chi connectivity index (χ4n) is 2.43. The molecule has 21 heavy (non-hydrogen) atoms. The number of aliphatic hydroxyl groups excluding tert-OH is 1. The zero-order chi connectivity index (χ0) is 15.1. The maximum Gasteiger partial charge on any atom is 0.130 e. The van der Waals surface area contributed by atoms with Gasteiger partial charge in [0.2, 0.25) is 0 Å². The van der Waals surface area contributed by atoms with Crippen molar-refractivity contribution in [3.8, 4) is 0 Å². The third-order valence-electron chi connectivity index (χ3n) is 3.64. The van der Waals surface area contributed by atoms with Gasteiger partial charge in [0.1, 0.15) is 5.82 Å². The molecular weight excluding hydrogens is 282 g/mol. The molecule has 0 radical (unpaired) electrons. The van der Waals surface area contributed by atoms with E-state index in [0.29, 0.717) is 0 Å². The van der Waals surface area contributed by atoms with E-state index in [1.807, 2.05) is 13.1 Å². The topological polar surface area (TPSA) is 48.4 Å². The molecule has 2 aromatic rings. The summed E-state index contributed by atoms with van der Waals surface area (Å²) in [5.41, 5.74) is 1.16. The van der Waals surface area contributed by atoms with Crippen molar-refractivity contribution in [1.82, 2.24) is 9.88 Å². The number of hydrogen-bond donors (Lipinski definition) is 2. The van der Waals surface area contributed by atoms with Crippen molar-refractivity contribution in [2.75, 3.05) is 19.0 Å². The summed E-state index contributed by atoms with van der Waals surface area (Å²) in [6, 6.07) is 8.42. The Morgan fingerprint density at radius 2 is 2.19 bits per heavy atom. The predicted molar refractivity (Wildman–Crippen MR) is 88.5 cm³/mol. The van der Waals surface area contributed by atoms with Gasteiger partial charge >= 0.3 is 0 Å². The Balaban J connectivity index is 2.18. The lowest BCUT2D eigenvalue weighted by molar-refractivity contribution is 0.108. The van der Waals surface area contributed by atoms with Gasteiger partial charge < -0.3 is 10.4 Å². The van der Waals surface area contributed by atoms with Crippen LogP contribution in [0.3, 0.4) is 0 Å². The van der Waals surface area contributed by atoms with E-state index >= 15 is 0 Å². The summed E-state index contributed by atoms with van der Waals surface area (Å²) in [5, 5.41) is 14.9. The molecule has 0 fully saturated rings. The van der Waals surface area contributed by atoms with Crippen LogP contribution in [0.1, 0.15) is 23.8 Å². The lowest BCUT2D eigenvalue weighted by Crippen LogP contribution is -2.36. The van der Waals surface area contributed by atoms with E-state index < -0.39 is 0 Å². The maximum absolute atomic E-state index is 9.66. The van der Waals surface area contributed by atoms with Gasteiger partial charge in [0.15, 0.2) is 0 Å². The van der Waals surface area contributed by atoms with Crippen LogP contribution in [-0.2, 0) is 13.1 Å². The van der Waals surface area contributed by atoms with Crippen molar-refractivity contribution in [2.45, 2.75) is 32.5 Å². The lowest BCUT2D eigenvalue weighted by atomic mass is 10.1. The van der Waals surface area contributed by atoms with Gasteiger partial charge in [-0.05, 0) is 23.9 Å². The molecule has 2 heterocycles. The molecule has 0 unspecified atom stereocenters. The number of thiophene rings is 1. The first-order valence-corrected chi connectivity index (χ1v) is 8.15. The maximum atomic E-state index is 9.66. The van der Waals surface area contributed by atoms with E-state index in [-0.39, 0.29) is 12.6 Å². The Morgan fingerprint density at radius 3 is 2.81 bits per heavy atom. The van der Waals surface area contributed by atoms with Gasteiger partial charge in [-0.3, -0.25) is 4.90 Å². The third-order valence-corrected chi connectivity index (χ3v) is 4.50. The number of pyridine rings is 1. The Labute approximate surface area is 130 Å². The second kappa shape index (κ2) is 8.12. The van der Waals surface area contributed by atoms with Gasteiger partial charge in [-0.2, -0.15) is 0 Å². The van der Waals surface area contributed by atoms with Gasteiger partial charge in [0.25, 0.3) is 0 Å². The Hall–Kier alpha value is -1.43. The summed E-state index contributed by atoms with van der Waals surface area (Å²) in [5.74, 6) is 0.904. The molecule has 0 bridgehead atoms. The second-order valence-electron chi connectivity index (χ2n) is 4.99. The minimum Gasteiger partial charge on any atom is -0.395 e. The van der Waals surface area contributed by atoms with E-state index in [9.17, 15) is 5.11 Å². The smallest absolute Gasteiger partial charge is 0.130 e. The molecule has 4 nitrogen and oxygen atoms in total. The fourth-order valence-corrected chi connectivity index (χ4v) is 3.16. The largest absolute Gasteiger partial charge is 0.395 e. The van der Waals surface area contributed by atoms with Gasteiger partial charge in [0, 0.05) is 42.8 Å². The number of aromatic nitrogens is 1. The van der Waals surface area contributed by atoms with Crippen LogP contribution in [0.2, 0.25) is 0 Å². The van der Waals surface area contributed by atoms with Crippen molar-refractivity contribution >= 4 is 17.2 Å². The predicted octanol–water partition coefficient (Wildman–Crippen LogP) is 2.96. The fraction of sp³-hybridized carbons (Fsp3) is 0.438. The standard InChI is InChI=1S/C16H23N3OS/c1-3-14(12-20)19(11-15-7-5-9-21-15)10-13-6-4-8-18-16(13)17-2/h4-9,14,20H,3,10-12H2,1-2H3,(H,17,18)/t14-/m0/s1. The molecule has 114 valence electrons. The molecule has 0 aromatic carbocycles. The van der Waals surface area contributed by atoms with Crippen LogP contribution < -0.4 is 5.32 Å². The summed E-state index contributed by atoms with van der Waals surface area (Å²) in [6.45, 7) is 3.93. The number of hydrogen-bond acceptors (Lipinski definition) is 5. The SMILES string of the molecule is CC[C@@H](CO)N(Cc1cccs1)Cc1cccnc1NC. The third kappa shape index (κ3) is 4.27. The quantitative estimate of drug-likeness (QED) is 0.787. The number of rotatable bonds is 8. The van der Waals surface area contributed by atoms with Crippen molar-refractivity contribution in [3.05, 3.63) is 46.3 Å². The van der Waals surface area contributed by atoms with Crippen molar-refractivity contribution < 1.29 is 5.11 Å². The summed E-state index contributed by atoms with van der Waals surface area (Å²) >= 11 is 1.76. The second-order valence-corrected chi connectivity index (χ2v) is 6.02. The molecule has 2 N–H and O–H groups in total.